The average molecular weight is 353 g/mol. The number of aromatic nitrogens is 1. The Morgan fingerprint density at radius 1 is 1.35 bits per heavy atom. The van der Waals surface area contributed by atoms with E-state index in [2.05, 4.69) is 52.2 Å². The zero-order valence-corrected chi connectivity index (χ0v) is 15.2. The van der Waals surface area contributed by atoms with Crippen molar-refractivity contribution in [2.75, 3.05) is 25.9 Å². The zero-order valence-electron chi connectivity index (χ0n) is 13.5. The third kappa shape index (κ3) is 5.18. The van der Waals surface area contributed by atoms with Crippen LogP contribution in [-0.4, -0.2) is 41.0 Å². The summed E-state index contributed by atoms with van der Waals surface area (Å²) in [6.45, 7) is 4.34. The van der Waals surface area contributed by atoms with Gasteiger partial charge in [-0.3, -0.25) is 9.80 Å². The normalized spacial score (nSPS) is 18.8. The van der Waals surface area contributed by atoms with E-state index >= 15 is 0 Å². The van der Waals surface area contributed by atoms with Gasteiger partial charge >= 0.3 is 0 Å². The highest BCUT2D eigenvalue weighted by molar-refractivity contribution is 7.15. The molecular formula is C17H25ClN4S. The monoisotopic (exact) mass is 352 g/mol. The van der Waals surface area contributed by atoms with Crippen molar-refractivity contribution in [3.05, 3.63) is 47.0 Å². The summed E-state index contributed by atoms with van der Waals surface area (Å²) in [7, 11) is 2.21. The molecule has 1 aliphatic rings. The Balaban J connectivity index is 0.00000192. The minimum Gasteiger partial charge on any atom is -0.375 e. The number of halogens is 1. The van der Waals surface area contributed by atoms with Gasteiger partial charge in [-0.15, -0.1) is 23.7 Å². The van der Waals surface area contributed by atoms with Gasteiger partial charge in [-0.25, -0.2) is 4.98 Å². The lowest BCUT2D eigenvalue weighted by atomic mass is 10.0. The second-order valence-electron chi connectivity index (χ2n) is 6.10. The molecule has 0 bridgehead atoms. The number of hydrogen-bond acceptors (Lipinski definition) is 5. The Kier molecular flexibility index (Phi) is 6.84. The first-order valence-electron chi connectivity index (χ1n) is 7.87. The quantitative estimate of drug-likeness (QED) is 0.897. The number of likely N-dealkylation sites (N-methyl/N-ethyl adjacent to an activating group) is 1. The van der Waals surface area contributed by atoms with Crippen molar-refractivity contribution in [3.8, 4) is 0 Å². The van der Waals surface area contributed by atoms with Gasteiger partial charge in [-0.05, 0) is 32.0 Å². The van der Waals surface area contributed by atoms with Crippen LogP contribution in [0.1, 0.15) is 23.3 Å². The summed E-state index contributed by atoms with van der Waals surface area (Å²) in [6, 6.07) is 11.4. The Labute approximate surface area is 148 Å². The number of nitrogens with zero attached hydrogens (tertiary/aromatic N) is 3. The smallest absolute Gasteiger partial charge is 0.180 e. The molecule has 1 aliphatic heterocycles. The van der Waals surface area contributed by atoms with Gasteiger partial charge in [0.2, 0.25) is 0 Å². The van der Waals surface area contributed by atoms with Crippen LogP contribution in [0.5, 0.6) is 0 Å². The minimum atomic E-state index is 0. The van der Waals surface area contributed by atoms with Crippen LogP contribution >= 0.6 is 23.7 Å². The highest BCUT2D eigenvalue weighted by Crippen LogP contribution is 2.21. The molecule has 0 saturated carbocycles. The molecule has 1 saturated heterocycles. The maximum atomic E-state index is 5.72. The van der Waals surface area contributed by atoms with Crippen molar-refractivity contribution in [1.82, 2.24) is 14.8 Å². The molecule has 23 heavy (non-hydrogen) atoms. The van der Waals surface area contributed by atoms with E-state index in [-0.39, 0.29) is 12.4 Å². The molecule has 2 heterocycles. The Bertz CT molecular complexity index is 589. The van der Waals surface area contributed by atoms with Gasteiger partial charge in [0.05, 0.1) is 0 Å². The van der Waals surface area contributed by atoms with Gasteiger partial charge < -0.3 is 5.73 Å². The first-order chi connectivity index (χ1) is 10.7. The fraction of sp³-hybridized carbons (Fsp3) is 0.471. The third-order valence-electron chi connectivity index (χ3n) is 4.33. The lowest BCUT2D eigenvalue weighted by Gasteiger charge is -2.37. The van der Waals surface area contributed by atoms with E-state index < -0.39 is 0 Å². The maximum absolute atomic E-state index is 5.72. The van der Waals surface area contributed by atoms with Crippen LogP contribution in [0.4, 0.5) is 5.13 Å². The topological polar surface area (TPSA) is 45.4 Å². The second kappa shape index (κ2) is 8.64. The first kappa shape index (κ1) is 18.2. The zero-order chi connectivity index (χ0) is 15.4. The third-order valence-corrected chi connectivity index (χ3v) is 5.14. The number of hydrogen-bond donors (Lipinski definition) is 1. The van der Waals surface area contributed by atoms with E-state index in [9.17, 15) is 0 Å². The molecular weight excluding hydrogens is 328 g/mol. The standard InChI is InChI=1S/C17H24N4S.ClH/c1-20(13-16-10-19-17(18)22-16)15-8-5-9-21(12-15)11-14-6-3-2-4-7-14;/h2-4,6-7,10,15H,5,8-9,11-13H2,1H3,(H2,18,19);1H. The molecule has 2 N–H and O–H groups in total. The van der Waals surface area contributed by atoms with E-state index in [0.29, 0.717) is 11.2 Å². The number of nitrogen functional groups attached to an aromatic ring is 1. The van der Waals surface area contributed by atoms with Crippen LogP contribution in [0.3, 0.4) is 0 Å². The number of nitrogens with two attached hydrogens (primary N) is 1. The molecule has 0 spiro atoms. The fourth-order valence-corrected chi connectivity index (χ4v) is 3.89. The highest BCUT2D eigenvalue weighted by atomic mass is 35.5. The summed E-state index contributed by atoms with van der Waals surface area (Å²) < 4.78 is 0. The molecule has 1 aromatic carbocycles. The predicted octanol–water partition coefficient (Wildman–Crippen LogP) is 3.24. The number of benzene rings is 1. The largest absolute Gasteiger partial charge is 0.375 e. The van der Waals surface area contributed by atoms with Gasteiger partial charge in [0.15, 0.2) is 5.13 Å². The van der Waals surface area contributed by atoms with Gasteiger partial charge in [-0.2, -0.15) is 0 Å². The molecule has 1 unspecified atom stereocenters. The summed E-state index contributed by atoms with van der Waals surface area (Å²) in [5.74, 6) is 0. The Morgan fingerprint density at radius 3 is 2.83 bits per heavy atom. The van der Waals surface area contributed by atoms with Crippen LogP contribution in [0, 0.1) is 0 Å². The first-order valence-corrected chi connectivity index (χ1v) is 8.69. The molecule has 0 amide bonds. The molecule has 0 radical (unpaired) electrons. The van der Waals surface area contributed by atoms with E-state index in [1.54, 1.807) is 11.3 Å². The minimum absolute atomic E-state index is 0. The van der Waals surface area contributed by atoms with Gasteiger partial charge in [0.25, 0.3) is 0 Å². The van der Waals surface area contributed by atoms with Crippen molar-refractivity contribution < 1.29 is 0 Å². The molecule has 1 aromatic heterocycles. The van der Waals surface area contributed by atoms with E-state index in [0.717, 1.165) is 19.6 Å². The maximum Gasteiger partial charge on any atom is 0.180 e. The summed E-state index contributed by atoms with van der Waals surface area (Å²) in [5, 5.41) is 0.665. The van der Waals surface area contributed by atoms with Gasteiger partial charge in [0.1, 0.15) is 0 Å². The lowest BCUT2D eigenvalue weighted by molar-refractivity contribution is 0.108. The van der Waals surface area contributed by atoms with Crippen molar-refractivity contribution in [3.63, 3.8) is 0 Å². The van der Waals surface area contributed by atoms with Crippen LogP contribution in [0.2, 0.25) is 0 Å². The fourth-order valence-electron chi connectivity index (χ4n) is 3.15. The van der Waals surface area contributed by atoms with Crippen molar-refractivity contribution in [2.24, 2.45) is 0 Å². The van der Waals surface area contributed by atoms with Crippen LogP contribution < -0.4 is 5.73 Å². The molecule has 126 valence electrons. The molecule has 3 rings (SSSR count). The molecule has 1 fully saturated rings. The summed E-state index contributed by atoms with van der Waals surface area (Å²) >= 11 is 1.59. The number of anilines is 1. The van der Waals surface area contributed by atoms with Gasteiger partial charge in [-0.1, -0.05) is 30.3 Å². The van der Waals surface area contributed by atoms with Crippen molar-refractivity contribution in [1.29, 1.82) is 0 Å². The predicted molar refractivity (Wildman–Crippen MR) is 100.0 cm³/mol. The number of rotatable bonds is 5. The highest BCUT2D eigenvalue weighted by Gasteiger charge is 2.23. The Hall–Kier alpha value is -1.14. The van der Waals surface area contributed by atoms with E-state index in [4.69, 9.17) is 5.73 Å². The SMILES string of the molecule is CN(Cc1cnc(N)s1)C1CCCN(Cc2ccccc2)C1.Cl. The molecule has 0 aliphatic carbocycles. The van der Waals surface area contributed by atoms with E-state index in [1.165, 1.54) is 29.8 Å². The van der Waals surface area contributed by atoms with E-state index in [1.807, 2.05) is 6.20 Å². The summed E-state index contributed by atoms with van der Waals surface area (Å²) in [6.07, 6.45) is 4.45. The van der Waals surface area contributed by atoms with Crippen LogP contribution in [0.15, 0.2) is 36.5 Å². The van der Waals surface area contributed by atoms with Crippen molar-refractivity contribution in [2.45, 2.75) is 32.0 Å². The number of likely N-dealkylation sites (tertiary alicyclic amines) is 1. The summed E-state index contributed by atoms with van der Waals surface area (Å²) in [4.78, 5) is 10.4. The summed E-state index contributed by atoms with van der Waals surface area (Å²) in [5.41, 5.74) is 7.13. The van der Waals surface area contributed by atoms with Crippen LogP contribution in [0.25, 0.3) is 0 Å². The molecule has 2 aromatic rings. The molecule has 1 atom stereocenters. The molecule has 4 nitrogen and oxygen atoms in total. The van der Waals surface area contributed by atoms with Gasteiger partial charge in [0, 0.05) is 36.8 Å². The van der Waals surface area contributed by atoms with Crippen molar-refractivity contribution >= 4 is 28.9 Å². The number of piperidine rings is 1. The number of thiazole rings is 1. The second-order valence-corrected chi connectivity index (χ2v) is 7.24. The average Bonchev–Trinajstić information content (AvgIpc) is 2.93. The van der Waals surface area contributed by atoms with Crippen LogP contribution in [-0.2, 0) is 13.1 Å². The lowest BCUT2D eigenvalue weighted by Crippen LogP contribution is -2.45. The molecule has 6 heteroatoms. The Morgan fingerprint density at radius 2 is 2.13 bits per heavy atom.